The van der Waals surface area contributed by atoms with Crippen LogP contribution in [0.4, 0.5) is 33.0 Å². The Morgan fingerprint density at radius 3 is 1.46 bits per heavy atom. The molecule has 2 heterocycles. The molecule has 0 spiro atoms. The number of aromatic nitrogens is 2. The molecule has 0 aliphatic heterocycles. The molecule has 0 radical (unpaired) electrons. The van der Waals surface area contributed by atoms with E-state index < -0.39 is 0 Å². The second-order valence-corrected chi connectivity index (χ2v) is 10.9. The summed E-state index contributed by atoms with van der Waals surface area (Å²) in [7, 11) is 8.23. The van der Waals surface area contributed by atoms with E-state index in [1.54, 1.807) is 22.7 Å². The molecule has 10 heteroatoms. The van der Waals surface area contributed by atoms with Crippen LogP contribution in [0.25, 0.3) is 0 Å². The third-order valence-electron chi connectivity index (χ3n) is 6.24. The topological polar surface area (TPSA) is 63.7 Å². The van der Waals surface area contributed by atoms with Crippen LogP contribution in [0.3, 0.4) is 0 Å². The summed E-state index contributed by atoms with van der Waals surface area (Å²) in [5.74, 6) is 0. The summed E-state index contributed by atoms with van der Waals surface area (Å²) in [6, 6.07) is 12.7. The van der Waals surface area contributed by atoms with Gasteiger partial charge in [-0.3, -0.25) is 0 Å². The highest BCUT2D eigenvalue weighted by molar-refractivity contribution is 7.13. The molecule has 4 rings (SSSR count). The minimum absolute atomic E-state index is 0.881. The predicted molar refractivity (Wildman–Crippen MR) is 153 cm³/mol. The highest BCUT2D eigenvalue weighted by Gasteiger charge is 2.11. The third kappa shape index (κ3) is 6.84. The van der Waals surface area contributed by atoms with Crippen molar-refractivity contribution in [2.75, 3.05) is 37.0 Å². The molecule has 37 heavy (non-hydrogen) atoms. The van der Waals surface area contributed by atoms with Crippen molar-refractivity contribution in [2.24, 2.45) is 34.6 Å². The van der Waals surface area contributed by atoms with Crippen molar-refractivity contribution in [1.29, 1.82) is 0 Å². The van der Waals surface area contributed by atoms with Crippen LogP contribution in [0, 0.1) is 13.8 Å². The van der Waals surface area contributed by atoms with E-state index in [1.165, 1.54) is 11.4 Å². The molecular weight excluding hydrogens is 500 g/mol. The first kappa shape index (κ1) is 26.6. The largest absolute Gasteiger partial charge is 0.408 e. The van der Waals surface area contributed by atoms with Gasteiger partial charge in [0, 0.05) is 49.3 Å². The average molecular weight is 535 g/mol. The molecule has 4 aromatic rings. The Morgan fingerprint density at radius 2 is 1.11 bits per heavy atom. The summed E-state index contributed by atoms with van der Waals surface area (Å²) in [6.07, 6.45) is 5.01. The van der Waals surface area contributed by atoms with Crippen LogP contribution >= 0.6 is 22.7 Å². The van der Waals surface area contributed by atoms with Crippen molar-refractivity contribution in [1.82, 2.24) is 0 Å². The Bertz CT molecular complexity index is 1300. The molecule has 0 atom stereocenters. The number of nitrogens with zero attached hydrogens (tertiary/aromatic N) is 8. The standard InChI is InChI=1S/C27H34N8S2/c1-20-18-22(8-10-24(20)28-30-26-34(5)14-16-36-26)32(3)12-7-13-33(4)23-9-11-25(21(2)19-23)29-31-27-35(6)15-17-37-27/h8-11,14-19H,7,12-13H2,1-6H3/q+2. The molecule has 2 aromatic heterocycles. The maximum Gasteiger partial charge on any atom is 0.408 e. The second-order valence-electron chi connectivity index (χ2n) is 9.13. The number of hydrogen-bond acceptors (Lipinski definition) is 8. The van der Waals surface area contributed by atoms with E-state index in [2.05, 4.69) is 82.5 Å². The van der Waals surface area contributed by atoms with Gasteiger partial charge in [0.05, 0.1) is 24.3 Å². The smallest absolute Gasteiger partial charge is 0.375 e. The number of aryl methyl sites for hydroxylation is 4. The highest BCUT2D eigenvalue weighted by Crippen LogP contribution is 2.28. The lowest BCUT2D eigenvalue weighted by Gasteiger charge is -2.24. The summed E-state index contributed by atoms with van der Waals surface area (Å²) in [4.78, 5) is 4.58. The fraction of sp³-hybridized carbons (Fsp3) is 0.333. The minimum atomic E-state index is 0.881. The first-order valence-electron chi connectivity index (χ1n) is 12.1. The van der Waals surface area contributed by atoms with Gasteiger partial charge in [0.25, 0.3) is 0 Å². The SMILES string of the molecule is Cc1cc(N(C)CCCN(C)c2ccc(N=Nc3scc[n+]3C)c(C)c2)ccc1N=Nc1scc[n+]1C. The lowest BCUT2D eigenvalue weighted by atomic mass is 10.1. The Balaban J connectivity index is 1.30. The molecule has 8 nitrogen and oxygen atoms in total. The van der Waals surface area contributed by atoms with E-state index in [9.17, 15) is 0 Å². The van der Waals surface area contributed by atoms with Gasteiger partial charge >= 0.3 is 10.3 Å². The normalized spacial score (nSPS) is 11.6. The van der Waals surface area contributed by atoms with Crippen LogP contribution < -0.4 is 18.9 Å². The molecule has 192 valence electrons. The molecule has 0 amide bonds. The molecule has 0 fully saturated rings. The first-order valence-corrected chi connectivity index (χ1v) is 13.9. The van der Waals surface area contributed by atoms with E-state index in [1.807, 2.05) is 58.5 Å². The van der Waals surface area contributed by atoms with Crippen LogP contribution in [0.2, 0.25) is 0 Å². The molecule has 0 saturated carbocycles. The second kappa shape index (κ2) is 12.2. The maximum atomic E-state index is 4.45. The molecule has 2 aromatic carbocycles. The summed E-state index contributed by atoms with van der Waals surface area (Å²) in [5.41, 5.74) is 6.40. The number of anilines is 2. The lowest BCUT2D eigenvalue weighted by Crippen LogP contribution is -2.25. The van der Waals surface area contributed by atoms with Gasteiger partial charge in [-0.2, -0.15) is 0 Å². The zero-order valence-corrected chi connectivity index (χ0v) is 23.9. The van der Waals surface area contributed by atoms with Crippen molar-refractivity contribution in [2.45, 2.75) is 20.3 Å². The average Bonchev–Trinajstić information content (AvgIpc) is 3.49. The fourth-order valence-corrected chi connectivity index (χ4v) is 5.18. The first-order chi connectivity index (χ1) is 17.8. The Kier molecular flexibility index (Phi) is 8.73. The third-order valence-corrected chi connectivity index (χ3v) is 7.91. The van der Waals surface area contributed by atoms with Crippen molar-refractivity contribution < 1.29 is 9.13 Å². The summed E-state index contributed by atoms with van der Waals surface area (Å²) in [5, 5.41) is 23.4. The number of azo groups is 2. The molecule has 0 bridgehead atoms. The lowest BCUT2D eigenvalue weighted by molar-refractivity contribution is -0.654. The van der Waals surface area contributed by atoms with E-state index in [0.717, 1.165) is 52.3 Å². The van der Waals surface area contributed by atoms with Gasteiger partial charge in [-0.1, -0.05) is 0 Å². The van der Waals surface area contributed by atoms with Crippen LogP contribution in [-0.2, 0) is 14.1 Å². The summed E-state index contributed by atoms with van der Waals surface area (Å²) in [6.45, 7) is 6.08. The van der Waals surface area contributed by atoms with Gasteiger partial charge in [-0.15, -0.1) is 0 Å². The highest BCUT2D eigenvalue weighted by atomic mass is 32.1. The quantitative estimate of drug-likeness (QED) is 0.165. The minimum Gasteiger partial charge on any atom is -0.375 e. The van der Waals surface area contributed by atoms with Crippen LogP contribution in [0.1, 0.15) is 17.5 Å². The van der Waals surface area contributed by atoms with E-state index >= 15 is 0 Å². The molecule has 0 N–H and O–H groups in total. The van der Waals surface area contributed by atoms with Gasteiger partial charge in [0.15, 0.2) is 0 Å². The van der Waals surface area contributed by atoms with E-state index in [-0.39, 0.29) is 0 Å². The molecule has 0 unspecified atom stereocenters. The van der Waals surface area contributed by atoms with E-state index in [0.29, 0.717) is 0 Å². The fourth-order valence-electron chi connectivity index (χ4n) is 3.82. The number of hydrogen-bond donors (Lipinski definition) is 0. The van der Waals surface area contributed by atoms with Crippen LogP contribution in [0.15, 0.2) is 80.0 Å². The van der Waals surface area contributed by atoms with Crippen molar-refractivity contribution in [3.8, 4) is 0 Å². The van der Waals surface area contributed by atoms with Gasteiger partial charge < -0.3 is 9.80 Å². The molecule has 0 saturated heterocycles. The van der Waals surface area contributed by atoms with Gasteiger partial charge in [-0.25, -0.2) is 9.13 Å². The Labute approximate surface area is 226 Å². The molecule has 0 aliphatic rings. The van der Waals surface area contributed by atoms with Gasteiger partial charge in [-0.05, 0) is 101 Å². The molecular formula is C27H34N8S2+2. The molecule has 0 aliphatic carbocycles. The van der Waals surface area contributed by atoms with Crippen molar-refractivity contribution in [3.05, 3.63) is 70.7 Å². The van der Waals surface area contributed by atoms with Crippen molar-refractivity contribution >= 4 is 55.7 Å². The van der Waals surface area contributed by atoms with Crippen LogP contribution in [-0.4, -0.2) is 27.2 Å². The van der Waals surface area contributed by atoms with Gasteiger partial charge in [0.2, 0.25) is 0 Å². The van der Waals surface area contributed by atoms with Crippen molar-refractivity contribution in [3.63, 3.8) is 0 Å². The van der Waals surface area contributed by atoms with Crippen LogP contribution in [0.5, 0.6) is 0 Å². The summed E-state index contributed by atoms with van der Waals surface area (Å²) >= 11 is 3.15. The Hall–Kier alpha value is -3.50. The number of benzene rings is 2. The van der Waals surface area contributed by atoms with E-state index in [4.69, 9.17) is 0 Å². The zero-order valence-electron chi connectivity index (χ0n) is 22.3. The number of thiazole rings is 2. The predicted octanol–water partition coefficient (Wildman–Crippen LogP) is 6.87. The monoisotopic (exact) mass is 534 g/mol. The zero-order chi connectivity index (χ0) is 26.4. The number of rotatable bonds is 10. The maximum absolute atomic E-state index is 4.45. The van der Waals surface area contributed by atoms with Gasteiger partial charge in [0.1, 0.15) is 23.8 Å². The Morgan fingerprint density at radius 1 is 0.676 bits per heavy atom. The summed E-state index contributed by atoms with van der Waals surface area (Å²) < 4.78 is 3.94.